The van der Waals surface area contributed by atoms with Crippen molar-refractivity contribution in [2.75, 3.05) is 19.6 Å². The molecule has 0 aromatic heterocycles. The first-order chi connectivity index (χ1) is 8.76. The minimum absolute atomic E-state index is 0. The highest BCUT2D eigenvalue weighted by atomic mass is 32.3. The van der Waals surface area contributed by atoms with Crippen molar-refractivity contribution < 1.29 is 22.0 Å². The van der Waals surface area contributed by atoms with Crippen molar-refractivity contribution in [1.29, 1.82) is 0 Å². The SMILES string of the molecule is CC[N+](CC)(CC)Cc1ccccc1.N.O=S(=O)(O)O. The topological polar surface area (TPSA) is 110 Å². The number of nitrogens with zero attached hydrogens (tertiary/aromatic N) is 1. The summed E-state index contributed by atoms with van der Waals surface area (Å²) >= 11 is 0. The minimum Gasteiger partial charge on any atom is -0.344 e. The standard InChI is InChI=1S/C13H22N.H3N.H2O4S/c1-4-14(5-2,6-3)12-13-10-8-7-9-11-13;;1-5(2,3)4/h7-11H,4-6,12H2,1-3H3;1H3;(H2,1,2,3,4)/q+1;;. The molecule has 0 radical (unpaired) electrons. The predicted octanol–water partition coefficient (Wildman–Crippen LogP) is 2.57. The van der Waals surface area contributed by atoms with Gasteiger partial charge in [0.2, 0.25) is 0 Å². The molecule has 5 N–H and O–H groups in total. The summed E-state index contributed by atoms with van der Waals surface area (Å²) in [6.07, 6.45) is 0. The molecule has 118 valence electrons. The van der Waals surface area contributed by atoms with Crippen molar-refractivity contribution in [1.82, 2.24) is 6.15 Å². The molecular weight excluding hydrogens is 280 g/mol. The molecule has 0 aliphatic heterocycles. The maximum Gasteiger partial charge on any atom is 0.394 e. The number of rotatable bonds is 5. The summed E-state index contributed by atoms with van der Waals surface area (Å²) in [6, 6.07) is 10.8. The van der Waals surface area contributed by atoms with Gasteiger partial charge in [0.1, 0.15) is 6.54 Å². The van der Waals surface area contributed by atoms with E-state index in [1.165, 1.54) is 36.2 Å². The molecular formula is C13H27N2O4S+. The van der Waals surface area contributed by atoms with E-state index in [0.29, 0.717) is 0 Å². The van der Waals surface area contributed by atoms with Gasteiger partial charge in [-0.2, -0.15) is 8.42 Å². The molecule has 1 rings (SSSR count). The molecule has 0 fully saturated rings. The average molecular weight is 307 g/mol. The fourth-order valence-electron chi connectivity index (χ4n) is 1.98. The zero-order chi connectivity index (χ0) is 14.9. The van der Waals surface area contributed by atoms with Gasteiger partial charge < -0.3 is 10.6 Å². The van der Waals surface area contributed by atoms with Crippen LogP contribution in [0.15, 0.2) is 30.3 Å². The van der Waals surface area contributed by atoms with Crippen LogP contribution in [0.2, 0.25) is 0 Å². The van der Waals surface area contributed by atoms with E-state index in [9.17, 15) is 0 Å². The van der Waals surface area contributed by atoms with Crippen LogP contribution in [0, 0.1) is 0 Å². The zero-order valence-corrected chi connectivity index (χ0v) is 13.3. The van der Waals surface area contributed by atoms with Crippen LogP contribution < -0.4 is 6.15 Å². The fourth-order valence-corrected chi connectivity index (χ4v) is 1.98. The van der Waals surface area contributed by atoms with Gasteiger partial charge >= 0.3 is 10.4 Å². The van der Waals surface area contributed by atoms with Crippen molar-refractivity contribution in [3.8, 4) is 0 Å². The Labute approximate surface area is 122 Å². The van der Waals surface area contributed by atoms with Gasteiger partial charge in [0.15, 0.2) is 0 Å². The summed E-state index contributed by atoms with van der Waals surface area (Å²) in [5.74, 6) is 0. The molecule has 0 amide bonds. The van der Waals surface area contributed by atoms with Crippen LogP contribution in [-0.2, 0) is 16.9 Å². The summed E-state index contributed by atoms with van der Waals surface area (Å²) in [4.78, 5) is 0. The molecule has 0 spiro atoms. The third-order valence-corrected chi connectivity index (χ3v) is 3.37. The lowest BCUT2D eigenvalue weighted by molar-refractivity contribution is -0.936. The van der Waals surface area contributed by atoms with E-state index in [0.717, 1.165) is 0 Å². The number of quaternary nitrogens is 1. The maximum absolute atomic E-state index is 8.74. The van der Waals surface area contributed by atoms with Crippen LogP contribution in [0.25, 0.3) is 0 Å². The normalized spacial score (nSPS) is 11.1. The van der Waals surface area contributed by atoms with Gasteiger partial charge in [0, 0.05) is 5.56 Å². The van der Waals surface area contributed by atoms with Crippen LogP contribution in [0.3, 0.4) is 0 Å². The van der Waals surface area contributed by atoms with E-state index >= 15 is 0 Å². The van der Waals surface area contributed by atoms with Crippen molar-refractivity contribution in [2.45, 2.75) is 27.3 Å². The van der Waals surface area contributed by atoms with Crippen molar-refractivity contribution >= 4 is 10.4 Å². The first-order valence-corrected chi connectivity index (χ1v) is 7.75. The lowest BCUT2D eigenvalue weighted by Crippen LogP contribution is -2.46. The van der Waals surface area contributed by atoms with Gasteiger partial charge in [-0.3, -0.25) is 9.11 Å². The Bertz CT molecular complexity index is 428. The summed E-state index contributed by atoms with van der Waals surface area (Å²) in [5.41, 5.74) is 1.46. The first-order valence-electron chi connectivity index (χ1n) is 6.35. The Hall–Kier alpha value is -0.990. The Balaban J connectivity index is 0. The Kier molecular flexibility index (Phi) is 10.5. The van der Waals surface area contributed by atoms with E-state index < -0.39 is 10.4 Å². The lowest BCUT2D eigenvalue weighted by atomic mass is 10.2. The Morgan fingerprint density at radius 1 is 0.950 bits per heavy atom. The number of hydrogen-bond donors (Lipinski definition) is 3. The summed E-state index contributed by atoms with van der Waals surface area (Å²) in [5, 5.41) is 0. The highest BCUT2D eigenvalue weighted by molar-refractivity contribution is 7.79. The second-order valence-corrected chi connectivity index (χ2v) is 5.28. The fraction of sp³-hybridized carbons (Fsp3) is 0.538. The van der Waals surface area contributed by atoms with Crippen molar-refractivity contribution in [2.24, 2.45) is 0 Å². The molecule has 6 nitrogen and oxygen atoms in total. The highest BCUT2D eigenvalue weighted by Gasteiger charge is 2.20. The molecule has 1 aromatic carbocycles. The minimum atomic E-state index is -4.67. The van der Waals surface area contributed by atoms with Crippen LogP contribution >= 0.6 is 0 Å². The largest absolute Gasteiger partial charge is 0.394 e. The van der Waals surface area contributed by atoms with E-state index in [2.05, 4.69) is 51.1 Å². The van der Waals surface area contributed by atoms with Gasteiger partial charge in [0.25, 0.3) is 0 Å². The smallest absolute Gasteiger partial charge is 0.344 e. The second-order valence-electron chi connectivity index (χ2n) is 4.38. The van der Waals surface area contributed by atoms with Crippen LogP contribution in [0.4, 0.5) is 0 Å². The molecule has 0 saturated heterocycles. The molecule has 7 heteroatoms. The number of benzene rings is 1. The maximum atomic E-state index is 8.74. The molecule has 0 saturated carbocycles. The van der Waals surface area contributed by atoms with Crippen molar-refractivity contribution in [3.63, 3.8) is 0 Å². The average Bonchev–Trinajstić information content (AvgIpc) is 2.35. The van der Waals surface area contributed by atoms with Crippen LogP contribution in [-0.4, -0.2) is 41.6 Å². The molecule has 0 heterocycles. The third-order valence-electron chi connectivity index (χ3n) is 3.37. The van der Waals surface area contributed by atoms with E-state index in [4.69, 9.17) is 17.5 Å². The summed E-state index contributed by atoms with van der Waals surface area (Å²) in [7, 11) is -4.67. The predicted molar refractivity (Wildman–Crippen MR) is 81.2 cm³/mol. The number of hydrogen-bond acceptors (Lipinski definition) is 3. The Morgan fingerprint density at radius 2 is 1.30 bits per heavy atom. The van der Waals surface area contributed by atoms with E-state index in [1.54, 1.807) is 0 Å². The molecule has 20 heavy (non-hydrogen) atoms. The quantitative estimate of drug-likeness (QED) is 0.572. The first kappa shape index (κ1) is 21.3. The van der Waals surface area contributed by atoms with Crippen LogP contribution in [0.1, 0.15) is 26.3 Å². The summed E-state index contributed by atoms with van der Waals surface area (Å²) in [6.45, 7) is 11.7. The van der Waals surface area contributed by atoms with Gasteiger partial charge in [0.05, 0.1) is 19.6 Å². The molecule has 0 atom stereocenters. The van der Waals surface area contributed by atoms with E-state index in [1.807, 2.05) is 0 Å². The third kappa shape index (κ3) is 9.88. The van der Waals surface area contributed by atoms with Gasteiger partial charge in [-0.1, -0.05) is 30.3 Å². The molecule has 0 aliphatic rings. The lowest BCUT2D eigenvalue weighted by Gasteiger charge is -2.35. The molecule has 1 aromatic rings. The van der Waals surface area contributed by atoms with Crippen LogP contribution in [0.5, 0.6) is 0 Å². The van der Waals surface area contributed by atoms with Crippen molar-refractivity contribution in [3.05, 3.63) is 35.9 Å². The second kappa shape index (κ2) is 9.84. The molecule has 0 unspecified atom stereocenters. The highest BCUT2D eigenvalue weighted by Crippen LogP contribution is 2.13. The summed E-state index contributed by atoms with van der Waals surface area (Å²) < 4.78 is 32.8. The molecule has 0 bridgehead atoms. The monoisotopic (exact) mass is 307 g/mol. The molecule has 0 aliphatic carbocycles. The zero-order valence-electron chi connectivity index (χ0n) is 12.5. The van der Waals surface area contributed by atoms with E-state index in [-0.39, 0.29) is 6.15 Å². The van der Waals surface area contributed by atoms with Gasteiger partial charge in [-0.05, 0) is 20.8 Å². The van der Waals surface area contributed by atoms with Gasteiger partial charge in [-0.25, -0.2) is 0 Å². The Morgan fingerprint density at radius 3 is 1.60 bits per heavy atom. The van der Waals surface area contributed by atoms with Gasteiger partial charge in [-0.15, -0.1) is 0 Å².